The topological polar surface area (TPSA) is 129 Å². The first-order chi connectivity index (χ1) is 27.1. The lowest BCUT2D eigenvalue weighted by atomic mass is 9.86. The predicted octanol–water partition coefficient (Wildman–Crippen LogP) is 6.63. The minimum absolute atomic E-state index is 0.0589. The van der Waals surface area contributed by atoms with Crippen LogP contribution in [0, 0.1) is 29.4 Å². The molecule has 0 radical (unpaired) electrons. The molecule has 0 unspecified atom stereocenters. The van der Waals surface area contributed by atoms with Gasteiger partial charge in [-0.25, -0.2) is 22.2 Å². The van der Waals surface area contributed by atoms with E-state index in [9.17, 15) is 40.3 Å². The molecule has 3 atom stereocenters. The van der Waals surface area contributed by atoms with Crippen molar-refractivity contribution in [2.45, 2.75) is 61.1 Å². The highest BCUT2D eigenvalue weighted by atomic mass is 35.5. The molecule has 1 saturated heterocycles. The monoisotopic (exact) mass is 849 g/mol. The highest BCUT2D eigenvalue weighted by Crippen LogP contribution is 2.68. The summed E-state index contributed by atoms with van der Waals surface area (Å²) in [6.45, 7) is -1.12. The number of aliphatic hydroxyl groups is 1. The Morgan fingerprint density at radius 1 is 1.09 bits per heavy atom. The predicted molar refractivity (Wildman–Crippen MR) is 195 cm³/mol. The number of aromatic nitrogens is 5. The molecule has 19 heteroatoms. The SMILES string of the molecule is Cn1nc(CS(C)(=O)=O)c2c(Cl)ccc(-c3ccc(C#CC4(O)COC4)nc3[C@@H](CC(=O)Cn3nc(C(F)(F)F)c4c3C(F)(F)[C@@H]3C[C@H]43)Cc3cc(F)cc(F)c3)c21. The van der Waals surface area contributed by atoms with Crippen LogP contribution in [0.25, 0.3) is 22.0 Å². The van der Waals surface area contributed by atoms with E-state index >= 15 is 8.78 Å². The lowest BCUT2D eigenvalue weighted by Crippen LogP contribution is -2.48. The molecule has 304 valence electrons. The Labute approximate surface area is 330 Å². The number of pyridine rings is 1. The molecule has 2 aromatic carbocycles. The molecule has 5 aromatic rings. The number of hydrogen-bond donors (Lipinski definition) is 1. The van der Waals surface area contributed by atoms with Gasteiger partial charge in [-0.1, -0.05) is 23.6 Å². The maximum Gasteiger partial charge on any atom is 0.435 e. The van der Waals surface area contributed by atoms with E-state index in [2.05, 4.69) is 22.0 Å². The fourth-order valence-corrected chi connectivity index (χ4v) is 8.99. The Hall–Kier alpha value is -4.83. The number of Topliss-reactive ketones (excluding diaryl/α,β-unsaturated/α-hetero) is 1. The van der Waals surface area contributed by atoms with Crippen molar-refractivity contribution in [2.75, 3.05) is 19.5 Å². The van der Waals surface area contributed by atoms with Crippen LogP contribution in [0.3, 0.4) is 0 Å². The zero-order chi connectivity index (χ0) is 41.7. The molecular formula is C39H31ClF7N5O5S. The fraction of sp³-hybridized carbons (Fsp3) is 0.385. The third-order valence-corrected chi connectivity index (χ3v) is 11.6. The van der Waals surface area contributed by atoms with E-state index in [1.165, 1.54) is 16.8 Å². The molecule has 3 aliphatic rings. The number of alkyl halides is 5. The molecule has 3 aromatic heterocycles. The first-order valence-corrected chi connectivity index (χ1v) is 20.2. The van der Waals surface area contributed by atoms with Crippen molar-refractivity contribution in [3.05, 3.63) is 98.7 Å². The van der Waals surface area contributed by atoms with Gasteiger partial charge in [0.15, 0.2) is 26.9 Å². The van der Waals surface area contributed by atoms with Crippen LogP contribution >= 0.6 is 11.6 Å². The van der Waals surface area contributed by atoms with Gasteiger partial charge in [0.05, 0.1) is 40.9 Å². The molecule has 10 nitrogen and oxygen atoms in total. The van der Waals surface area contributed by atoms with Crippen molar-refractivity contribution in [1.82, 2.24) is 24.5 Å². The number of fused-ring (bicyclic) bond motifs is 4. The minimum Gasteiger partial charge on any atom is -0.373 e. The summed E-state index contributed by atoms with van der Waals surface area (Å²) in [7, 11) is -2.05. The van der Waals surface area contributed by atoms with E-state index < -0.39 is 98.4 Å². The van der Waals surface area contributed by atoms with E-state index in [0.29, 0.717) is 32.8 Å². The van der Waals surface area contributed by atoms with Gasteiger partial charge in [-0.3, -0.25) is 14.2 Å². The zero-order valence-corrected chi connectivity index (χ0v) is 32.0. The second-order valence-corrected chi connectivity index (χ2v) is 17.7. The number of aryl methyl sites for hydroxylation is 1. The van der Waals surface area contributed by atoms with Gasteiger partial charge in [-0.05, 0) is 60.6 Å². The van der Waals surface area contributed by atoms with Gasteiger partial charge < -0.3 is 9.84 Å². The molecule has 58 heavy (non-hydrogen) atoms. The molecule has 0 amide bonds. The van der Waals surface area contributed by atoms with E-state index in [-0.39, 0.29) is 53.7 Å². The molecule has 1 saturated carbocycles. The minimum atomic E-state index is -5.06. The summed E-state index contributed by atoms with van der Waals surface area (Å²) >= 11 is 6.62. The molecule has 2 fully saturated rings. The average molecular weight is 850 g/mol. The van der Waals surface area contributed by atoms with Crippen LogP contribution in [0.1, 0.15) is 64.3 Å². The van der Waals surface area contributed by atoms with Gasteiger partial charge in [0, 0.05) is 59.7 Å². The van der Waals surface area contributed by atoms with Crippen LogP contribution in [-0.2, 0) is 57.2 Å². The lowest BCUT2D eigenvalue weighted by Gasteiger charge is -2.30. The number of sulfone groups is 1. The van der Waals surface area contributed by atoms with E-state index in [1.807, 2.05) is 0 Å². The molecule has 0 bridgehead atoms. The quantitative estimate of drug-likeness (QED) is 0.123. The number of carbonyl (C=O) groups excluding carboxylic acids is 1. The number of ether oxygens (including phenoxy) is 1. The Morgan fingerprint density at radius 2 is 1.78 bits per heavy atom. The van der Waals surface area contributed by atoms with Crippen LogP contribution in [0.2, 0.25) is 5.02 Å². The van der Waals surface area contributed by atoms with Crippen LogP contribution in [0.5, 0.6) is 0 Å². The van der Waals surface area contributed by atoms with Crippen molar-refractivity contribution in [3.63, 3.8) is 0 Å². The fourth-order valence-electron chi connectivity index (χ4n) is 8.03. The average Bonchev–Trinajstić information content (AvgIpc) is 3.64. The van der Waals surface area contributed by atoms with Gasteiger partial charge in [0.1, 0.15) is 29.6 Å². The molecule has 1 aliphatic heterocycles. The van der Waals surface area contributed by atoms with Crippen molar-refractivity contribution in [3.8, 4) is 23.0 Å². The van der Waals surface area contributed by atoms with Gasteiger partial charge in [-0.2, -0.15) is 32.1 Å². The van der Waals surface area contributed by atoms with Gasteiger partial charge in [0.25, 0.3) is 5.92 Å². The highest BCUT2D eigenvalue weighted by Gasteiger charge is 2.68. The summed E-state index contributed by atoms with van der Waals surface area (Å²) in [4.78, 5) is 18.8. The van der Waals surface area contributed by atoms with Crippen LogP contribution in [-0.4, -0.2) is 68.9 Å². The summed E-state index contributed by atoms with van der Waals surface area (Å²) in [6, 6.07) is 8.86. The maximum absolute atomic E-state index is 15.4. The first kappa shape index (κ1) is 40.0. The van der Waals surface area contributed by atoms with Crippen LogP contribution in [0.15, 0.2) is 42.5 Å². The summed E-state index contributed by atoms with van der Waals surface area (Å²) in [5.74, 6) is -4.90. The third-order valence-electron chi connectivity index (χ3n) is 10.5. The van der Waals surface area contributed by atoms with E-state index in [0.717, 1.165) is 18.4 Å². The summed E-state index contributed by atoms with van der Waals surface area (Å²) in [5.41, 5.74) is -3.13. The number of nitrogens with zero attached hydrogens (tertiary/aromatic N) is 5. The number of benzene rings is 2. The van der Waals surface area contributed by atoms with Gasteiger partial charge in [0.2, 0.25) is 0 Å². The Balaban J connectivity index is 1.27. The summed E-state index contributed by atoms with van der Waals surface area (Å²) in [6.07, 6.45) is -5.06. The standard InChI is InChI=1S/C39H31ClF7N5O5S/c1-51-34-26(5-6-29(40)32(34)30(49-51)16-58(2,55)56)25-4-3-23(7-8-37(54)17-57-18-37)48-33(25)20(9-19-10-21(41)13-22(42)11-19)12-24(53)15-52-36-31(35(50-52)39(45,46)47)27-14-28(27)38(36,43)44/h3-6,10-11,13,20,27-28,54H,9,12,14-18H2,1-2H3/t20-,27+,28-/m1/s1. The van der Waals surface area contributed by atoms with Gasteiger partial charge >= 0.3 is 6.18 Å². The first-order valence-electron chi connectivity index (χ1n) is 17.8. The van der Waals surface area contributed by atoms with Crippen LogP contribution in [0.4, 0.5) is 30.7 Å². The van der Waals surface area contributed by atoms with E-state index in [1.54, 1.807) is 19.2 Å². The zero-order valence-electron chi connectivity index (χ0n) is 30.5. The van der Waals surface area contributed by atoms with Crippen molar-refractivity contribution in [2.24, 2.45) is 13.0 Å². The van der Waals surface area contributed by atoms with Crippen molar-refractivity contribution in [1.29, 1.82) is 0 Å². The van der Waals surface area contributed by atoms with Gasteiger partial charge in [-0.15, -0.1) is 0 Å². The van der Waals surface area contributed by atoms with E-state index in [4.69, 9.17) is 21.3 Å². The second kappa shape index (κ2) is 13.9. The van der Waals surface area contributed by atoms with Crippen molar-refractivity contribution >= 4 is 38.1 Å². The van der Waals surface area contributed by atoms with Crippen molar-refractivity contribution < 1.29 is 53.8 Å². The molecule has 8 rings (SSSR count). The highest BCUT2D eigenvalue weighted by molar-refractivity contribution is 7.89. The molecule has 1 N–H and O–H groups in total. The Morgan fingerprint density at radius 3 is 2.41 bits per heavy atom. The molecule has 0 spiro atoms. The number of ketones is 1. The number of rotatable bonds is 10. The largest absolute Gasteiger partial charge is 0.435 e. The number of carbonyl (C=O) groups is 1. The Kier molecular flexibility index (Phi) is 9.57. The summed E-state index contributed by atoms with van der Waals surface area (Å²) in [5, 5.41) is 18.9. The smallest absolute Gasteiger partial charge is 0.373 e. The molecule has 4 heterocycles. The lowest BCUT2D eigenvalue weighted by molar-refractivity contribution is -0.142. The van der Waals surface area contributed by atoms with Crippen LogP contribution < -0.4 is 0 Å². The number of halogens is 8. The maximum atomic E-state index is 15.4. The number of hydrogen-bond acceptors (Lipinski definition) is 8. The summed E-state index contributed by atoms with van der Waals surface area (Å²) < 4.78 is 134. The molecular weight excluding hydrogens is 819 g/mol. The normalized spacial score (nSPS) is 19.6. The third kappa shape index (κ3) is 7.37. The second-order valence-electron chi connectivity index (χ2n) is 15.1. The Bertz CT molecular complexity index is 2700. The molecule has 2 aliphatic carbocycles.